The number of carbonyl (C=O) groups excluding carboxylic acids is 1. The summed E-state index contributed by atoms with van der Waals surface area (Å²) in [5.41, 5.74) is 0.413. The van der Waals surface area contributed by atoms with Gasteiger partial charge in [0.05, 0.1) is 11.5 Å². The van der Waals surface area contributed by atoms with E-state index in [2.05, 4.69) is 4.72 Å². The van der Waals surface area contributed by atoms with Gasteiger partial charge in [0.25, 0.3) is 0 Å². The summed E-state index contributed by atoms with van der Waals surface area (Å²) in [6.45, 7) is 6.93. The first-order valence-corrected chi connectivity index (χ1v) is 8.55. The van der Waals surface area contributed by atoms with Crippen LogP contribution in [0.2, 0.25) is 0 Å². The molecule has 5 nitrogen and oxygen atoms in total. The van der Waals surface area contributed by atoms with Gasteiger partial charge in [-0.15, -0.1) is 0 Å². The molecule has 1 aromatic carbocycles. The smallest absolute Gasteiger partial charge is 0.240 e. The molecular weight excluding hydrogens is 290 g/mol. The van der Waals surface area contributed by atoms with E-state index in [0.29, 0.717) is 31.1 Å². The fourth-order valence-corrected chi connectivity index (χ4v) is 2.75. The molecule has 0 aliphatic carbocycles. The molecule has 0 saturated heterocycles. The van der Waals surface area contributed by atoms with Gasteiger partial charge in [-0.2, -0.15) is 0 Å². The number of hydrogen-bond acceptors (Lipinski definition) is 4. The van der Waals surface area contributed by atoms with Gasteiger partial charge >= 0.3 is 0 Å². The lowest BCUT2D eigenvalue weighted by Crippen LogP contribution is -2.28. The Morgan fingerprint density at radius 2 is 2.05 bits per heavy atom. The van der Waals surface area contributed by atoms with E-state index in [9.17, 15) is 13.2 Å². The Balaban J connectivity index is 2.64. The number of ketones is 1. The second-order valence-electron chi connectivity index (χ2n) is 5.17. The fraction of sp³-hybridized carbons (Fsp3) is 0.533. The molecule has 1 aromatic rings. The summed E-state index contributed by atoms with van der Waals surface area (Å²) in [7, 11) is -3.61. The molecule has 0 aliphatic rings. The molecule has 0 aromatic heterocycles. The molecule has 0 radical (unpaired) electrons. The molecule has 0 bridgehead atoms. The molecular formula is C15H23NO4S. The molecule has 1 rings (SSSR count). The van der Waals surface area contributed by atoms with Gasteiger partial charge in [0, 0.05) is 25.1 Å². The molecule has 0 aliphatic heterocycles. The highest BCUT2D eigenvalue weighted by Gasteiger charge is 2.15. The Bertz CT molecular complexity index is 567. The summed E-state index contributed by atoms with van der Waals surface area (Å²) in [5, 5.41) is 0. The van der Waals surface area contributed by atoms with Crippen molar-refractivity contribution in [3.8, 4) is 0 Å². The highest BCUT2D eigenvalue weighted by atomic mass is 32.2. The van der Waals surface area contributed by atoms with Crippen LogP contribution >= 0.6 is 0 Å². The van der Waals surface area contributed by atoms with Crippen molar-refractivity contribution in [2.45, 2.75) is 32.1 Å². The van der Waals surface area contributed by atoms with E-state index < -0.39 is 10.0 Å². The Morgan fingerprint density at radius 3 is 2.67 bits per heavy atom. The molecule has 21 heavy (non-hydrogen) atoms. The minimum atomic E-state index is -3.61. The van der Waals surface area contributed by atoms with E-state index in [-0.39, 0.29) is 17.2 Å². The zero-order valence-electron chi connectivity index (χ0n) is 12.8. The molecule has 0 fully saturated rings. The van der Waals surface area contributed by atoms with E-state index in [1.165, 1.54) is 12.1 Å². The van der Waals surface area contributed by atoms with Crippen molar-refractivity contribution in [3.63, 3.8) is 0 Å². The zero-order valence-corrected chi connectivity index (χ0v) is 13.6. The Hall–Kier alpha value is -1.24. The topological polar surface area (TPSA) is 72.5 Å². The Morgan fingerprint density at radius 1 is 1.33 bits per heavy atom. The molecule has 0 amide bonds. The summed E-state index contributed by atoms with van der Waals surface area (Å²) < 4.78 is 32.0. The second-order valence-corrected chi connectivity index (χ2v) is 6.94. The van der Waals surface area contributed by atoms with Crippen LogP contribution < -0.4 is 4.72 Å². The van der Waals surface area contributed by atoms with Crippen LogP contribution in [0.5, 0.6) is 0 Å². The van der Waals surface area contributed by atoms with Gasteiger partial charge in [0.15, 0.2) is 5.78 Å². The molecule has 0 spiro atoms. The lowest BCUT2D eigenvalue weighted by Gasteiger charge is -2.09. The van der Waals surface area contributed by atoms with E-state index >= 15 is 0 Å². The molecule has 6 heteroatoms. The predicted octanol–water partition coefficient (Wildman–Crippen LogP) is 2.23. The second kappa shape index (κ2) is 8.26. The van der Waals surface area contributed by atoms with Gasteiger partial charge in [-0.3, -0.25) is 4.79 Å². The maximum Gasteiger partial charge on any atom is 0.240 e. The van der Waals surface area contributed by atoms with Crippen LogP contribution in [-0.2, 0) is 14.8 Å². The standard InChI is InChI=1S/C15H23NO4S/c1-4-15(17)13-6-5-7-14(10-13)21(18,19)16-8-9-20-11-12(2)3/h5-7,10,12,16H,4,8-9,11H2,1-3H3. The summed E-state index contributed by atoms with van der Waals surface area (Å²) in [6, 6.07) is 6.08. The minimum absolute atomic E-state index is 0.0766. The number of ether oxygens (including phenoxy) is 1. The largest absolute Gasteiger partial charge is 0.380 e. The van der Waals surface area contributed by atoms with Crippen molar-refractivity contribution < 1.29 is 17.9 Å². The van der Waals surface area contributed by atoms with Crippen LogP contribution in [0.1, 0.15) is 37.6 Å². The van der Waals surface area contributed by atoms with Gasteiger partial charge < -0.3 is 4.74 Å². The molecule has 0 unspecified atom stereocenters. The number of carbonyl (C=O) groups is 1. The van der Waals surface area contributed by atoms with Crippen LogP contribution in [0.25, 0.3) is 0 Å². The van der Waals surface area contributed by atoms with Gasteiger partial charge in [-0.1, -0.05) is 32.9 Å². The number of Topliss-reactive ketones (excluding diaryl/α,β-unsaturated/α-hetero) is 1. The highest BCUT2D eigenvalue weighted by Crippen LogP contribution is 2.12. The number of nitrogens with one attached hydrogen (secondary N) is 1. The summed E-state index contributed by atoms with van der Waals surface area (Å²) >= 11 is 0. The van der Waals surface area contributed by atoms with E-state index in [0.717, 1.165) is 0 Å². The number of sulfonamides is 1. The first-order valence-electron chi connectivity index (χ1n) is 7.07. The van der Waals surface area contributed by atoms with Crippen LogP contribution in [0.15, 0.2) is 29.2 Å². The van der Waals surface area contributed by atoms with Gasteiger partial charge in [-0.05, 0) is 18.1 Å². The number of rotatable bonds is 9. The van der Waals surface area contributed by atoms with E-state index in [4.69, 9.17) is 4.74 Å². The maximum absolute atomic E-state index is 12.1. The summed E-state index contributed by atoms with van der Waals surface area (Å²) in [6.07, 6.45) is 0.347. The van der Waals surface area contributed by atoms with E-state index in [1.54, 1.807) is 19.1 Å². The van der Waals surface area contributed by atoms with Crippen molar-refractivity contribution in [1.82, 2.24) is 4.72 Å². The minimum Gasteiger partial charge on any atom is -0.380 e. The van der Waals surface area contributed by atoms with Crippen LogP contribution in [0.3, 0.4) is 0 Å². The summed E-state index contributed by atoms with van der Waals surface area (Å²) in [4.78, 5) is 11.7. The third-order valence-corrected chi connectivity index (χ3v) is 4.24. The monoisotopic (exact) mass is 313 g/mol. The van der Waals surface area contributed by atoms with Gasteiger partial charge in [-0.25, -0.2) is 13.1 Å². The van der Waals surface area contributed by atoms with Crippen LogP contribution in [0.4, 0.5) is 0 Å². The van der Waals surface area contributed by atoms with E-state index in [1.807, 2.05) is 13.8 Å². The first kappa shape index (κ1) is 17.8. The number of benzene rings is 1. The molecule has 0 heterocycles. The molecule has 118 valence electrons. The fourth-order valence-electron chi connectivity index (χ4n) is 1.69. The summed E-state index contributed by atoms with van der Waals surface area (Å²) in [5.74, 6) is 0.339. The lowest BCUT2D eigenvalue weighted by molar-refractivity contribution is 0.0988. The Labute approximate surface area is 126 Å². The third kappa shape index (κ3) is 5.95. The Kier molecular flexibility index (Phi) is 7.01. The predicted molar refractivity (Wildman–Crippen MR) is 81.9 cm³/mol. The van der Waals surface area contributed by atoms with Crippen molar-refractivity contribution in [2.75, 3.05) is 19.8 Å². The lowest BCUT2D eigenvalue weighted by atomic mass is 10.1. The van der Waals surface area contributed by atoms with Crippen molar-refractivity contribution in [3.05, 3.63) is 29.8 Å². The molecule has 1 N–H and O–H groups in total. The van der Waals surface area contributed by atoms with Gasteiger partial charge in [0.1, 0.15) is 0 Å². The quantitative estimate of drug-likeness (QED) is 0.560. The average Bonchev–Trinajstić information content (AvgIpc) is 2.45. The highest BCUT2D eigenvalue weighted by molar-refractivity contribution is 7.89. The number of hydrogen-bond donors (Lipinski definition) is 1. The SMILES string of the molecule is CCC(=O)c1cccc(S(=O)(=O)NCCOCC(C)C)c1. The average molecular weight is 313 g/mol. The first-order chi connectivity index (χ1) is 9.86. The molecule has 0 atom stereocenters. The van der Waals surface area contributed by atoms with Crippen LogP contribution in [-0.4, -0.2) is 34.0 Å². The zero-order chi connectivity index (χ0) is 15.9. The molecule has 0 saturated carbocycles. The third-order valence-electron chi connectivity index (χ3n) is 2.78. The van der Waals surface area contributed by atoms with Gasteiger partial charge in [0.2, 0.25) is 10.0 Å². The van der Waals surface area contributed by atoms with Crippen molar-refractivity contribution >= 4 is 15.8 Å². The maximum atomic E-state index is 12.1. The van der Waals surface area contributed by atoms with Crippen molar-refractivity contribution in [1.29, 1.82) is 0 Å². The van der Waals surface area contributed by atoms with Crippen molar-refractivity contribution in [2.24, 2.45) is 5.92 Å². The normalized spacial score (nSPS) is 11.8. The van der Waals surface area contributed by atoms with Crippen LogP contribution in [0, 0.1) is 5.92 Å².